The maximum atomic E-state index is 11.0. The second-order valence-electron chi connectivity index (χ2n) is 4.21. The first-order valence-corrected chi connectivity index (χ1v) is 6.57. The molecular weight excluding hydrogens is 275 g/mol. The van der Waals surface area contributed by atoms with Gasteiger partial charge in [0.2, 0.25) is 0 Å². The molecule has 0 heterocycles. The topological polar surface area (TPSA) is 55.2 Å². The van der Waals surface area contributed by atoms with Crippen molar-refractivity contribution in [3.63, 3.8) is 0 Å². The zero-order chi connectivity index (χ0) is 13.7. The van der Waals surface area contributed by atoms with Crippen molar-refractivity contribution >= 4 is 28.9 Å². The van der Waals surface area contributed by atoms with Gasteiger partial charge in [0.05, 0.1) is 15.0 Å². The van der Waals surface area contributed by atoms with E-state index in [1.807, 2.05) is 6.92 Å². The fraction of sp³-hybridized carbons (Fsp3) is 0.500. The minimum Gasteiger partial charge on any atom is -0.314 e. The van der Waals surface area contributed by atoms with Crippen LogP contribution in [0, 0.1) is 10.1 Å². The molecule has 0 spiro atoms. The van der Waals surface area contributed by atoms with Crippen LogP contribution in [0.5, 0.6) is 0 Å². The number of nitrogens with zero attached hydrogens (tertiary/aromatic N) is 1. The van der Waals surface area contributed by atoms with Gasteiger partial charge in [-0.25, -0.2) is 0 Å². The van der Waals surface area contributed by atoms with Crippen LogP contribution in [0.25, 0.3) is 0 Å². The SMILES string of the molecule is CCCNC(C)Cc1cc(Cl)c(Cl)cc1[N+](=O)[O-]. The number of halogens is 2. The molecule has 0 aromatic heterocycles. The smallest absolute Gasteiger partial charge is 0.274 e. The second-order valence-corrected chi connectivity index (χ2v) is 5.03. The lowest BCUT2D eigenvalue weighted by molar-refractivity contribution is -0.385. The van der Waals surface area contributed by atoms with Gasteiger partial charge in [0, 0.05) is 17.7 Å². The molecule has 0 radical (unpaired) electrons. The molecule has 1 unspecified atom stereocenters. The van der Waals surface area contributed by atoms with E-state index in [9.17, 15) is 10.1 Å². The molecule has 0 aliphatic heterocycles. The van der Waals surface area contributed by atoms with Crippen molar-refractivity contribution in [1.82, 2.24) is 5.32 Å². The van der Waals surface area contributed by atoms with Crippen LogP contribution in [-0.4, -0.2) is 17.5 Å². The van der Waals surface area contributed by atoms with Crippen LogP contribution >= 0.6 is 23.2 Å². The summed E-state index contributed by atoms with van der Waals surface area (Å²) in [5.41, 5.74) is 0.625. The zero-order valence-corrected chi connectivity index (χ0v) is 11.9. The van der Waals surface area contributed by atoms with Crippen LogP contribution in [0.15, 0.2) is 12.1 Å². The zero-order valence-electron chi connectivity index (χ0n) is 10.4. The molecular formula is C12H16Cl2N2O2. The average molecular weight is 291 g/mol. The van der Waals surface area contributed by atoms with Crippen molar-refractivity contribution in [2.45, 2.75) is 32.7 Å². The van der Waals surface area contributed by atoms with Gasteiger partial charge in [-0.05, 0) is 32.4 Å². The molecule has 100 valence electrons. The van der Waals surface area contributed by atoms with Gasteiger partial charge >= 0.3 is 0 Å². The Balaban J connectivity index is 2.93. The van der Waals surface area contributed by atoms with Crippen LogP contribution in [0.3, 0.4) is 0 Å². The summed E-state index contributed by atoms with van der Waals surface area (Å²) in [5, 5.41) is 14.8. The van der Waals surface area contributed by atoms with E-state index in [4.69, 9.17) is 23.2 Å². The van der Waals surface area contributed by atoms with Crippen LogP contribution in [0.2, 0.25) is 10.0 Å². The Labute approximate surface area is 116 Å². The molecule has 1 rings (SSSR count). The molecule has 0 saturated carbocycles. The first kappa shape index (κ1) is 15.2. The maximum absolute atomic E-state index is 11.0. The molecule has 1 atom stereocenters. The molecule has 0 amide bonds. The van der Waals surface area contributed by atoms with Crippen molar-refractivity contribution in [3.8, 4) is 0 Å². The van der Waals surface area contributed by atoms with Crippen molar-refractivity contribution in [1.29, 1.82) is 0 Å². The maximum Gasteiger partial charge on any atom is 0.274 e. The Bertz CT molecular complexity index is 438. The molecule has 0 saturated heterocycles. The highest BCUT2D eigenvalue weighted by Gasteiger charge is 2.18. The molecule has 0 fully saturated rings. The molecule has 0 bridgehead atoms. The van der Waals surface area contributed by atoms with E-state index in [1.54, 1.807) is 6.07 Å². The van der Waals surface area contributed by atoms with Gasteiger partial charge in [0.1, 0.15) is 0 Å². The minimum atomic E-state index is -0.427. The summed E-state index contributed by atoms with van der Waals surface area (Å²) in [6.45, 7) is 4.94. The molecule has 1 aromatic carbocycles. The summed E-state index contributed by atoms with van der Waals surface area (Å²) in [6.07, 6.45) is 1.57. The highest BCUT2D eigenvalue weighted by atomic mass is 35.5. The van der Waals surface area contributed by atoms with Crippen LogP contribution < -0.4 is 5.32 Å². The van der Waals surface area contributed by atoms with E-state index in [0.29, 0.717) is 17.0 Å². The number of nitro benzene ring substituents is 1. The fourth-order valence-electron chi connectivity index (χ4n) is 1.70. The van der Waals surface area contributed by atoms with E-state index in [1.165, 1.54) is 6.07 Å². The number of rotatable bonds is 6. The van der Waals surface area contributed by atoms with Gasteiger partial charge in [-0.2, -0.15) is 0 Å². The Morgan fingerprint density at radius 3 is 2.56 bits per heavy atom. The molecule has 4 nitrogen and oxygen atoms in total. The number of hydrogen-bond acceptors (Lipinski definition) is 3. The molecule has 18 heavy (non-hydrogen) atoms. The number of nitro groups is 1. The first-order chi connectivity index (χ1) is 8.45. The summed E-state index contributed by atoms with van der Waals surface area (Å²) < 4.78 is 0. The normalized spacial score (nSPS) is 12.4. The van der Waals surface area contributed by atoms with Crippen LogP contribution in [0.1, 0.15) is 25.8 Å². The fourth-order valence-corrected chi connectivity index (χ4v) is 2.05. The highest BCUT2D eigenvalue weighted by Crippen LogP contribution is 2.31. The molecule has 0 aliphatic rings. The number of benzene rings is 1. The lowest BCUT2D eigenvalue weighted by Gasteiger charge is -2.13. The highest BCUT2D eigenvalue weighted by molar-refractivity contribution is 6.42. The van der Waals surface area contributed by atoms with Gasteiger partial charge in [-0.3, -0.25) is 10.1 Å². The largest absolute Gasteiger partial charge is 0.314 e. The molecule has 0 aliphatic carbocycles. The number of nitrogens with one attached hydrogen (secondary N) is 1. The summed E-state index contributed by atoms with van der Waals surface area (Å²) in [4.78, 5) is 10.5. The Kier molecular flexibility index (Phi) is 5.85. The summed E-state index contributed by atoms with van der Waals surface area (Å²) in [6, 6.07) is 3.04. The van der Waals surface area contributed by atoms with Gasteiger partial charge in [0.25, 0.3) is 5.69 Å². The van der Waals surface area contributed by atoms with Gasteiger partial charge < -0.3 is 5.32 Å². The molecule has 6 heteroatoms. The summed E-state index contributed by atoms with van der Waals surface area (Å²) >= 11 is 11.7. The van der Waals surface area contributed by atoms with E-state index in [0.717, 1.165) is 13.0 Å². The summed E-state index contributed by atoms with van der Waals surface area (Å²) in [7, 11) is 0. The average Bonchev–Trinajstić information content (AvgIpc) is 2.30. The summed E-state index contributed by atoms with van der Waals surface area (Å²) in [5.74, 6) is 0. The Hall–Kier alpha value is -0.840. The van der Waals surface area contributed by atoms with E-state index < -0.39 is 4.92 Å². The van der Waals surface area contributed by atoms with Gasteiger partial charge in [-0.1, -0.05) is 30.1 Å². The lowest BCUT2D eigenvalue weighted by atomic mass is 10.0. The van der Waals surface area contributed by atoms with Gasteiger partial charge in [-0.15, -0.1) is 0 Å². The second kappa shape index (κ2) is 6.92. The van der Waals surface area contributed by atoms with Crippen LogP contribution in [0.4, 0.5) is 5.69 Å². The van der Waals surface area contributed by atoms with E-state index in [-0.39, 0.29) is 16.8 Å². The predicted molar refractivity (Wildman–Crippen MR) is 74.6 cm³/mol. The number of hydrogen-bond donors (Lipinski definition) is 1. The molecule has 1 aromatic rings. The quantitative estimate of drug-likeness (QED) is 0.640. The van der Waals surface area contributed by atoms with Crippen molar-refractivity contribution in [2.24, 2.45) is 0 Å². The van der Waals surface area contributed by atoms with Crippen LogP contribution in [-0.2, 0) is 6.42 Å². The first-order valence-electron chi connectivity index (χ1n) is 5.81. The standard InChI is InChI=1S/C12H16Cl2N2O2/c1-3-4-15-8(2)5-9-6-10(13)11(14)7-12(9)16(17)18/h6-8,15H,3-5H2,1-2H3. The third-order valence-corrected chi connectivity index (χ3v) is 3.31. The van der Waals surface area contributed by atoms with Crippen molar-refractivity contribution in [3.05, 3.63) is 37.9 Å². The van der Waals surface area contributed by atoms with Crippen molar-refractivity contribution in [2.75, 3.05) is 6.54 Å². The van der Waals surface area contributed by atoms with E-state index in [2.05, 4.69) is 12.2 Å². The Morgan fingerprint density at radius 1 is 1.39 bits per heavy atom. The predicted octanol–water partition coefficient (Wildman–Crippen LogP) is 3.83. The van der Waals surface area contributed by atoms with Gasteiger partial charge in [0.15, 0.2) is 0 Å². The third-order valence-electron chi connectivity index (χ3n) is 2.59. The minimum absolute atomic E-state index is 0.0227. The van der Waals surface area contributed by atoms with E-state index >= 15 is 0 Å². The molecule has 1 N–H and O–H groups in total. The monoisotopic (exact) mass is 290 g/mol. The lowest BCUT2D eigenvalue weighted by Crippen LogP contribution is -2.28. The Morgan fingerprint density at radius 2 is 2.00 bits per heavy atom. The van der Waals surface area contributed by atoms with Crippen molar-refractivity contribution < 1.29 is 4.92 Å². The third kappa shape index (κ3) is 4.12.